The van der Waals surface area contributed by atoms with Crippen LogP contribution in [0.25, 0.3) is 10.3 Å². The number of hydrogen-bond donors (Lipinski definition) is 2. The molecule has 0 fully saturated rings. The van der Waals surface area contributed by atoms with E-state index in [9.17, 15) is 9.50 Å². The Labute approximate surface area is 204 Å². The first-order chi connectivity index (χ1) is 16.3. The summed E-state index contributed by atoms with van der Waals surface area (Å²) in [6, 6.07) is 12.0. The zero-order chi connectivity index (χ0) is 24.2. The number of nitrogens with zero attached hydrogens (tertiary/aromatic N) is 3. The molecule has 178 valence electrons. The van der Waals surface area contributed by atoms with Crippen LogP contribution < -0.4 is 10.1 Å². The van der Waals surface area contributed by atoms with Crippen molar-refractivity contribution >= 4 is 33.3 Å². The Bertz CT molecular complexity index is 1290. The maximum Gasteiger partial charge on any atom is 0.175 e. The summed E-state index contributed by atoms with van der Waals surface area (Å²) in [5, 5.41) is 14.2. The first-order valence-corrected chi connectivity index (χ1v) is 11.7. The molecule has 0 saturated heterocycles. The second-order valence-electron chi connectivity index (χ2n) is 7.91. The number of nitrogens with one attached hydrogen (secondary N) is 1. The molecule has 2 heterocycles. The molecule has 0 spiro atoms. The van der Waals surface area contributed by atoms with Gasteiger partial charge in [-0.2, -0.15) is 0 Å². The van der Waals surface area contributed by atoms with Gasteiger partial charge >= 0.3 is 0 Å². The van der Waals surface area contributed by atoms with Crippen molar-refractivity contribution in [1.29, 1.82) is 0 Å². The highest BCUT2D eigenvalue weighted by Crippen LogP contribution is 2.29. The van der Waals surface area contributed by atoms with Crippen LogP contribution in [-0.2, 0) is 13.2 Å². The molecule has 4 aromatic rings. The molecule has 0 amide bonds. The molecular formula is C24H23ClF2N4O2S. The summed E-state index contributed by atoms with van der Waals surface area (Å²) < 4.78 is 35.0. The Morgan fingerprint density at radius 1 is 1.21 bits per heavy atom. The highest BCUT2D eigenvalue weighted by Gasteiger charge is 2.22. The Morgan fingerprint density at radius 2 is 1.97 bits per heavy atom. The van der Waals surface area contributed by atoms with Crippen molar-refractivity contribution in [1.82, 2.24) is 20.2 Å². The fourth-order valence-electron chi connectivity index (χ4n) is 3.36. The molecule has 1 atom stereocenters. The SMILES string of the molecule is Cc1ccc(CN(C)CNC(O)c2c(F)ccc(OCc3nc4cc(Cl)cnc4s3)c2F)cc1. The Morgan fingerprint density at radius 3 is 2.74 bits per heavy atom. The van der Waals surface area contributed by atoms with Gasteiger partial charge in [0, 0.05) is 12.7 Å². The van der Waals surface area contributed by atoms with E-state index in [0.717, 1.165) is 17.2 Å². The van der Waals surface area contributed by atoms with Gasteiger partial charge in [0.05, 0.1) is 17.3 Å². The maximum atomic E-state index is 15.0. The summed E-state index contributed by atoms with van der Waals surface area (Å²) >= 11 is 7.22. The lowest BCUT2D eigenvalue weighted by molar-refractivity contribution is 0.105. The van der Waals surface area contributed by atoms with Crippen LogP contribution in [0.2, 0.25) is 5.02 Å². The Balaban J connectivity index is 1.39. The van der Waals surface area contributed by atoms with Gasteiger partial charge in [0.1, 0.15) is 34.0 Å². The number of thiazole rings is 1. The largest absolute Gasteiger partial charge is 0.483 e. The summed E-state index contributed by atoms with van der Waals surface area (Å²) in [5.41, 5.74) is 2.37. The van der Waals surface area contributed by atoms with Gasteiger partial charge in [0.25, 0.3) is 0 Å². The topological polar surface area (TPSA) is 70.5 Å². The van der Waals surface area contributed by atoms with E-state index in [1.807, 2.05) is 43.1 Å². The summed E-state index contributed by atoms with van der Waals surface area (Å²) in [4.78, 5) is 11.1. The Kier molecular flexibility index (Phi) is 7.70. The third-order valence-corrected chi connectivity index (χ3v) is 6.26. The van der Waals surface area contributed by atoms with E-state index in [4.69, 9.17) is 16.3 Å². The second-order valence-corrected chi connectivity index (χ2v) is 9.41. The number of rotatable bonds is 9. The monoisotopic (exact) mass is 504 g/mol. The molecule has 0 radical (unpaired) electrons. The van der Waals surface area contributed by atoms with E-state index < -0.39 is 23.4 Å². The first kappa shape index (κ1) is 24.4. The molecule has 1 unspecified atom stereocenters. The lowest BCUT2D eigenvalue weighted by Crippen LogP contribution is -2.34. The van der Waals surface area contributed by atoms with Crippen molar-refractivity contribution in [2.45, 2.75) is 26.3 Å². The van der Waals surface area contributed by atoms with Crippen molar-refractivity contribution in [2.75, 3.05) is 13.7 Å². The Hall–Kier alpha value is -2.69. The molecule has 0 bridgehead atoms. The molecular weight excluding hydrogens is 482 g/mol. The predicted molar refractivity (Wildman–Crippen MR) is 129 cm³/mol. The van der Waals surface area contributed by atoms with Crippen LogP contribution in [0.4, 0.5) is 8.78 Å². The molecule has 34 heavy (non-hydrogen) atoms. The average molecular weight is 505 g/mol. The van der Waals surface area contributed by atoms with Crippen molar-refractivity contribution in [3.8, 4) is 5.75 Å². The number of aryl methyl sites for hydroxylation is 1. The lowest BCUT2D eigenvalue weighted by Gasteiger charge is -2.22. The van der Waals surface area contributed by atoms with E-state index in [2.05, 4.69) is 15.3 Å². The fraction of sp³-hybridized carbons (Fsp3) is 0.250. The summed E-state index contributed by atoms with van der Waals surface area (Å²) in [5.74, 6) is -2.02. The molecule has 2 aromatic carbocycles. The van der Waals surface area contributed by atoms with Crippen LogP contribution in [0.5, 0.6) is 5.75 Å². The maximum absolute atomic E-state index is 15.0. The minimum atomic E-state index is -1.56. The summed E-state index contributed by atoms with van der Waals surface area (Å²) in [6.07, 6.45) is -0.0385. The van der Waals surface area contributed by atoms with Crippen LogP contribution in [0.15, 0.2) is 48.7 Å². The van der Waals surface area contributed by atoms with E-state index in [-0.39, 0.29) is 19.0 Å². The lowest BCUT2D eigenvalue weighted by atomic mass is 10.1. The van der Waals surface area contributed by atoms with Gasteiger partial charge < -0.3 is 9.84 Å². The minimum Gasteiger partial charge on any atom is -0.483 e. The zero-order valence-electron chi connectivity index (χ0n) is 18.6. The van der Waals surface area contributed by atoms with E-state index in [1.54, 1.807) is 6.07 Å². The molecule has 6 nitrogen and oxygen atoms in total. The van der Waals surface area contributed by atoms with E-state index in [1.165, 1.54) is 23.6 Å². The molecule has 2 N–H and O–H groups in total. The van der Waals surface area contributed by atoms with Crippen LogP contribution >= 0.6 is 22.9 Å². The number of ether oxygens (including phenoxy) is 1. The number of aliphatic hydroxyl groups is 1. The molecule has 0 aliphatic carbocycles. The number of hydrogen-bond acceptors (Lipinski definition) is 7. The molecule has 4 rings (SSSR count). The smallest absolute Gasteiger partial charge is 0.175 e. The van der Waals surface area contributed by atoms with Gasteiger partial charge in [-0.15, -0.1) is 0 Å². The number of fused-ring (bicyclic) bond motifs is 1. The van der Waals surface area contributed by atoms with Crippen LogP contribution in [0.3, 0.4) is 0 Å². The number of halogens is 3. The van der Waals surface area contributed by atoms with Gasteiger partial charge in [0.15, 0.2) is 11.6 Å². The fourth-order valence-corrected chi connectivity index (χ4v) is 4.31. The third-order valence-electron chi connectivity index (χ3n) is 5.10. The molecule has 10 heteroatoms. The number of aliphatic hydroxyl groups excluding tert-OH is 1. The normalized spacial score (nSPS) is 12.4. The first-order valence-electron chi connectivity index (χ1n) is 10.5. The van der Waals surface area contributed by atoms with Crippen LogP contribution in [0.1, 0.15) is 27.9 Å². The quantitative estimate of drug-likeness (QED) is 0.306. The van der Waals surface area contributed by atoms with Gasteiger partial charge in [-0.1, -0.05) is 52.8 Å². The average Bonchev–Trinajstić information content (AvgIpc) is 3.20. The molecule has 0 aliphatic heterocycles. The molecule has 0 aliphatic rings. The van der Waals surface area contributed by atoms with Gasteiger partial charge in [-0.05, 0) is 37.7 Å². The van der Waals surface area contributed by atoms with Gasteiger partial charge in [0.2, 0.25) is 0 Å². The number of aromatic nitrogens is 2. The van der Waals surface area contributed by atoms with Crippen LogP contribution in [0, 0.1) is 18.6 Å². The standard InChI is InChI=1S/C24H23ClF2N4O2S/c1-14-3-5-15(6-4-14)11-31(2)13-29-23(32)21-17(26)7-8-19(22(21)27)33-12-20-30-18-9-16(25)10-28-24(18)34-20/h3-10,23,29,32H,11-13H2,1-2H3. The van der Waals surface area contributed by atoms with Crippen molar-refractivity contribution in [3.05, 3.63) is 87.0 Å². The molecule has 2 aromatic heterocycles. The molecule has 0 saturated carbocycles. The van der Waals surface area contributed by atoms with Crippen molar-refractivity contribution in [2.24, 2.45) is 0 Å². The van der Waals surface area contributed by atoms with Gasteiger partial charge in [-0.3, -0.25) is 10.2 Å². The summed E-state index contributed by atoms with van der Waals surface area (Å²) in [6.45, 7) is 2.79. The minimum absolute atomic E-state index is 0.0382. The van der Waals surface area contributed by atoms with Gasteiger partial charge in [-0.25, -0.2) is 18.7 Å². The van der Waals surface area contributed by atoms with E-state index >= 15 is 4.39 Å². The number of pyridine rings is 1. The summed E-state index contributed by atoms with van der Waals surface area (Å²) in [7, 11) is 1.84. The predicted octanol–water partition coefficient (Wildman–Crippen LogP) is 5.18. The zero-order valence-corrected chi connectivity index (χ0v) is 20.1. The highest BCUT2D eigenvalue weighted by atomic mass is 35.5. The second kappa shape index (κ2) is 10.7. The van der Waals surface area contributed by atoms with Crippen LogP contribution in [-0.4, -0.2) is 33.7 Å². The van der Waals surface area contributed by atoms with E-state index in [0.29, 0.717) is 26.9 Å². The number of benzene rings is 2. The highest BCUT2D eigenvalue weighted by molar-refractivity contribution is 7.18. The third kappa shape index (κ3) is 5.86. The van der Waals surface area contributed by atoms with Crippen molar-refractivity contribution in [3.63, 3.8) is 0 Å². The van der Waals surface area contributed by atoms with Crippen molar-refractivity contribution < 1.29 is 18.6 Å².